The normalized spacial score (nSPS) is 12.1. The fourth-order valence-electron chi connectivity index (χ4n) is 6.00. The number of nitrogens with zero attached hydrogens (tertiary/aromatic N) is 3. The van der Waals surface area contributed by atoms with E-state index < -0.39 is 0 Å². The molecule has 0 bridgehead atoms. The second kappa shape index (κ2) is 13.9. The number of ether oxygens (including phenoxy) is 1. The Hall–Kier alpha value is -5.08. The Labute approximate surface area is 270 Å². The van der Waals surface area contributed by atoms with Crippen LogP contribution in [-0.2, 0) is 24.3 Å². The van der Waals surface area contributed by atoms with Crippen LogP contribution in [0.1, 0.15) is 29.2 Å². The summed E-state index contributed by atoms with van der Waals surface area (Å²) in [5.41, 5.74) is 14.1. The van der Waals surface area contributed by atoms with Crippen LogP contribution in [0, 0.1) is 13.8 Å². The number of hydrogen-bond donors (Lipinski definition) is 3. The van der Waals surface area contributed by atoms with E-state index in [0.717, 1.165) is 68.9 Å². The zero-order valence-corrected chi connectivity index (χ0v) is 26.2. The molecule has 1 unspecified atom stereocenters. The zero-order valence-electron chi connectivity index (χ0n) is 26.2. The summed E-state index contributed by atoms with van der Waals surface area (Å²) in [6.45, 7) is 10.7. The zero-order chi connectivity index (χ0) is 32.0. The van der Waals surface area contributed by atoms with Gasteiger partial charge in [0.25, 0.3) is 0 Å². The summed E-state index contributed by atoms with van der Waals surface area (Å²) >= 11 is 0. The highest BCUT2D eigenvalue weighted by Crippen LogP contribution is 2.30. The Bertz CT molecular complexity index is 1920. The molecule has 1 amide bonds. The first-order valence-corrected chi connectivity index (χ1v) is 15.6. The van der Waals surface area contributed by atoms with Gasteiger partial charge in [0, 0.05) is 61.6 Å². The molecule has 6 rings (SSSR count). The first kappa shape index (κ1) is 30.9. The second-order valence-electron chi connectivity index (χ2n) is 11.5. The van der Waals surface area contributed by atoms with Crippen molar-refractivity contribution in [2.24, 2.45) is 5.73 Å². The molecule has 2 heterocycles. The Morgan fingerprint density at radius 2 is 1.74 bits per heavy atom. The lowest BCUT2D eigenvalue weighted by Crippen LogP contribution is -2.26. The summed E-state index contributed by atoms with van der Waals surface area (Å²) in [6, 6.07) is 31.0. The first-order valence-electron chi connectivity index (χ1n) is 15.6. The number of aryl methyl sites for hydroxylation is 2. The van der Waals surface area contributed by atoms with Crippen molar-refractivity contribution in [1.29, 1.82) is 0 Å². The number of rotatable bonds is 14. The van der Waals surface area contributed by atoms with Gasteiger partial charge in [-0.1, -0.05) is 24.3 Å². The summed E-state index contributed by atoms with van der Waals surface area (Å²) in [5.74, 6) is 1.37. The molecule has 0 spiro atoms. The molecule has 0 aliphatic carbocycles. The van der Waals surface area contributed by atoms with E-state index >= 15 is 0 Å². The Balaban J connectivity index is 1.33. The van der Waals surface area contributed by atoms with Crippen molar-refractivity contribution in [3.8, 4) is 17.1 Å². The molecule has 2 aromatic heterocycles. The van der Waals surface area contributed by atoms with Crippen molar-refractivity contribution in [1.82, 2.24) is 19.9 Å². The van der Waals surface area contributed by atoms with E-state index in [-0.39, 0.29) is 18.4 Å². The number of nitrogens with two attached hydrogens (primary N) is 1. The van der Waals surface area contributed by atoms with Crippen LogP contribution in [0.5, 0.6) is 5.75 Å². The predicted molar refractivity (Wildman–Crippen MR) is 186 cm³/mol. The number of benzene rings is 4. The second-order valence-corrected chi connectivity index (χ2v) is 11.5. The number of H-pyrrole nitrogens is 1. The van der Waals surface area contributed by atoms with Crippen molar-refractivity contribution in [3.63, 3.8) is 0 Å². The molecule has 8 nitrogen and oxygen atoms in total. The van der Waals surface area contributed by atoms with Gasteiger partial charge in [0.1, 0.15) is 11.6 Å². The van der Waals surface area contributed by atoms with E-state index in [0.29, 0.717) is 19.6 Å². The lowest BCUT2D eigenvalue weighted by Gasteiger charge is -2.21. The van der Waals surface area contributed by atoms with Crippen LogP contribution in [0.25, 0.3) is 33.3 Å². The number of hydrogen-bond acceptors (Lipinski definition) is 5. The lowest BCUT2D eigenvalue weighted by atomic mass is 10.0. The third kappa shape index (κ3) is 6.77. The van der Waals surface area contributed by atoms with Gasteiger partial charge >= 0.3 is 0 Å². The van der Waals surface area contributed by atoms with Crippen LogP contribution >= 0.6 is 0 Å². The van der Waals surface area contributed by atoms with E-state index in [2.05, 4.69) is 112 Å². The van der Waals surface area contributed by atoms with E-state index in [1.54, 1.807) is 7.11 Å². The van der Waals surface area contributed by atoms with E-state index in [9.17, 15) is 4.79 Å². The van der Waals surface area contributed by atoms with Gasteiger partial charge in [0.05, 0.1) is 18.1 Å². The molecule has 4 aromatic carbocycles. The largest absolute Gasteiger partial charge is 0.497 e. The van der Waals surface area contributed by atoms with Crippen LogP contribution in [0.15, 0.2) is 97.2 Å². The number of fused-ring (bicyclic) bond motifs is 2. The SMILES string of the molecule is [CH2]CN(C[CH2])c1ccc(-c2nc3cc(C(CC(N)=O)NCc4ccc5[nH]ccc5c4)ccc3n2CCc2ccc(OC)cc2)cc1. The molecule has 6 aromatic rings. The van der Waals surface area contributed by atoms with Gasteiger partial charge in [-0.2, -0.15) is 0 Å². The molecule has 4 N–H and O–H groups in total. The van der Waals surface area contributed by atoms with E-state index in [4.69, 9.17) is 15.5 Å². The first-order chi connectivity index (χ1) is 22.4. The molecule has 2 radical (unpaired) electrons. The molecule has 0 fully saturated rings. The predicted octanol–water partition coefficient (Wildman–Crippen LogP) is 6.62. The van der Waals surface area contributed by atoms with Gasteiger partial charge in [-0.3, -0.25) is 4.79 Å². The molecule has 0 saturated carbocycles. The third-order valence-corrected chi connectivity index (χ3v) is 8.56. The molecular formula is C38H40N6O2. The molecule has 8 heteroatoms. The maximum atomic E-state index is 12.2. The van der Waals surface area contributed by atoms with Crippen LogP contribution < -0.4 is 20.7 Å². The summed E-state index contributed by atoms with van der Waals surface area (Å²) in [4.78, 5) is 22.7. The molecule has 46 heavy (non-hydrogen) atoms. The summed E-state index contributed by atoms with van der Waals surface area (Å²) in [5, 5.41) is 4.72. The standard InChI is InChI=1S/C38H40N6O2/c1-4-43(5-2)31-12-9-28(10-13-31)38-42-35-23-29(11-17-36(35)44(38)21-19-26-6-14-32(46-3)15-7-26)34(24-37(39)45)41-25-27-8-16-33-30(22-27)18-20-40-33/h6-18,20,22-23,34,40-41H,1-2,4-5,19,21,24-25H2,3H3,(H2,39,45). The number of imidazole rings is 1. The lowest BCUT2D eigenvalue weighted by molar-refractivity contribution is -0.118. The van der Waals surface area contributed by atoms with Crippen molar-refractivity contribution < 1.29 is 9.53 Å². The highest BCUT2D eigenvalue weighted by Gasteiger charge is 2.19. The number of aromatic amines is 1. The molecule has 0 saturated heterocycles. The van der Waals surface area contributed by atoms with Crippen LogP contribution in [0.4, 0.5) is 5.69 Å². The fraction of sp³-hybridized carbons (Fsp3) is 0.211. The minimum Gasteiger partial charge on any atom is -0.497 e. The monoisotopic (exact) mass is 612 g/mol. The molecular weight excluding hydrogens is 572 g/mol. The summed E-state index contributed by atoms with van der Waals surface area (Å²) < 4.78 is 7.62. The number of amides is 1. The quantitative estimate of drug-likeness (QED) is 0.128. The highest BCUT2D eigenvalue weighted by molar-refractivity contribution is 5.82. The van der Waals surface area contributed by atoms with Gasteiger partial charge in [-0.25, -0.2) is 4.98 Å². The van der Waals surface area contributed by atoms with E-state index in [1.807, 2.05) is 18.3 Å². The number of nitrogens with one attached hydrogen (secondary N) is 2. The van der Waals surface area contributed by atoms with Gasteiger partial charge in [0.2, 0.25) is 5.91 Å². The van der Waals surface area contributed by atoms with Crippen LogP contribution in [0.2, 0.25) is 0 Å². The maximum Gasteiger partial charge on any atom is 0.219 e. The van der Waals surface area contributed by atoms with Crippen molar-refractivity contribution in [2.45, 2.75) is 32.0 Å². The summed E-state index contributed by atoms with van der Waals surface area (Å²) in [6.07, 6.45) is 2.95. The average molecular weight is 613 g/mol. The van der Waals surface area contributed by atoms with Gasteiger partial charge in [-0.05, 0) is 109 Å². The van der Waals surface area contributed by atoms with Crippen molar-refractivity contribution in [2.75, 3.05) is 25.1 Å². The number of primary amides is 1. The number of anilines is 1. The molecule has 234 valence electrons. The third-order valence-electron chi connectivity index (χ3n) is 8.56. The number of carbonyl (C=O) groups is 1. The molecule has 0 aliphatic heterocycles. The average Bonchev–Trinajstić information content (AvgIpc) is 3.70. The topological polar surface area (TPSA) is 101 Å². The van der Waals surface area contributed by atoms with Crippen molar-refractivity contribution >= 4 is 33.5 Å². The Kier molecular flexibility index (Phi) is 9.36. The number of carbonyl (C=O) groups excluding carboxylic acids is 1. The summed E-state index contributed by atoms with van der Waals surface area (Å²) in [7, 11) is 1.68. The van der Waals surface area contributed by atoms with Gasteiger partial charge in [0.15, 0.2) is 0 Å². The smallest absolute Gasteiger partial charge is 0.219 e. The fourth-order valence-corrected chi connectivity index (χ4v) is 6.00. The Morgan fingerprint density at radius 3 is 2.46 bits per heavy atom. The van der Waals surface area contributed by atoms with Gasteiger partial charge in [-0.15, -0.1) is 0 Å². The number of aromatic nitrogens is 3. The minimum atomic E-state index is -0.358. The van der Waals surface area contributed by atoms with Crippen LogP contribution in [-0.4, -0.2) is 40.6 Å². The minimum absolute atomic E-state index is 0.180. The van der Waals surface area contributed by atoms with Gasteiger partial charge < -0.3 is 30.2 Å². The number of methoxy groups -OCH3 is 1. The maximum absolute atomic E-state index is 12.2. The molecule has 0 aliphatic rings. The molecule has 1 atom stereocenters. The van der Waals surface area contributed by atoms with E-state index in [1.165, 1.54) is 5.56 Å². The highest BCUT2D eigenvalue weighted by atomic mass is 16.5. The van der Waals surface area contributed by atoms with Crippen molar-refractivity contribution in [3.05, 3.63) is 128 Å². The Morgan fingerprint density at radius 1 is 0.978 bits per heavy atom. The van der Waals surface area contributed by atoms with Crippen LogP contribution in [0.3, 0.4) is 0 Å².